The Kier molecular flexibility index (Phi) is 4.41. The first-order valence-corrected chi connectivity index (χ1v) is 7.41. The van der Waals surface area contributed by atoms with Crippen LogP contribution in [0.5, 0.6) is 5.75 Å². The van der Waals surface area contributed by atoms with E-state index in [1.165, 1.54) is 12.1 Å². The molecule has 2 aromatic rings. The van der Waals surface area contributed by atoms with Crippen molar-refractivity contribution >= 4 is 11.7 Å². The van der Waals surface area contributed by atoms with Gasteiger partial charge in [0.15, 0.2) is 11.6 Å². The topological polar surface area (TPSA) is 60.5 Å². The number of halogens is 1. The maximum absolute atomic E-state index is 14.1. The average molecular weight is 316 g/mol. The minimum Gasteiger partial charge on any atom is -0.484 e. The monoisotopic (exact) mass is 316 g/mol. The molecule has 0 amide bonds. The summed E-state index contributed by atoms with van der Waals surface area (Å²) in [6.45, 7) is 2.02. The van der Waals surface area contributed by atoms with Gasteiger partial charge in [-0.3, -0.25) is 4.98 Å². The number of pyridine rings is 1. The van der Waals surface area contributed by atoms with E-state index in [0.29, 0.717) is 12.1 Å². The van der Waals surface area contributed by atoms with Crippen LogP contribution in [-0.4, -0.2) is 23.1 Å². The lowest BCUT2D eigenvalue weighted by Gasteiger charge is -2.12. The molecule has 1 saturated heterocycles. The zero-order valence-electron chi connectivity index (χ0n) is 12.7. The number of esters is 1. The lowest BCUT2D eigenvalue weighted by Crippen LogP contribution is -2.24. The summed E-state index contributed by atoms with van der Waals surface area (Å²) in [5.41, 5.74) is 1.24. The van der Waals surface area contributed by atoms with Crippen LogP contribution in [0.3, 0.4) is 0 Å². The van der Waals surface area contributed by atoms with E-state index in [1.807, 2.05) is 13.0 Å². The maximum Gasteiger partial charge on any atom is 0.328 e. The highest BCUT2D eigenvalue weighted by atomic mass is 19.1. The van der Waals surface area contributed by atoms with Gasteiger partial charge in [0.2, 0.25) is 0 Å². The number of hydrogen-bond acceptors (Lipinski definition) is 5. The third-order valence-electron chi connectivity index (χ3n) is 3.54. The van der Waals surface area contributed by atoms with Gasteiger partial charge in [-0.25, -0.2) is 9.18 Å². The predicted octanol–water partition coefficient (Wildman–Crippen LogP) is 2.92. The van der Waals surface area contributed by atoms with E-state index in [9.17, 15) is 9.18 Å². The number of ether oxygens (including phenoxy) is 2. The minimum absolute atomic E-state index is 0.120. The van der Waals surface area contributed by atoms with Crippen LogP contribution in [0.15, 0.2) is 42.6 Å². The molecule has 0 aliphatic carbocycles. The predicted molar refractivity (Wildman–Crippen MR) is 82.6 cm³/mol. The first kappa shape index (κ1) is 15.3. The number of nitrogens with zero attached hydrogens (tertiary/aromatic N) is 1. The van der Waals surface area contributed by atoms with Crippen LogP contribution in [0.25, 0.3) is 0 Å². The molecule has 120 valence electrons. The Morgan fingerprint density at radius 1 is 1.39 bits per heavy atom. The van der Waals surface area contributed by atoms with Crippen LogP contribution in [0.4, 0.5) is 10.1 Å². The Hall–Kier alpha value is -2.63. The van der Waals surface area contributed by atoms with Gasteiger partial charge in [-0.15, -0.1) is 0 Å². The highest BCUT2D eigenvalue weighted by molar-refractivity contribution is 5.81. The fourth-order valence-electron chi connectivity index (χ4n) is 2.42. The molecule has 6 heteroatoms. The van der Waals surface area contributed by atoms with Crippen molar-refractivity contribution in [3.63, 3.8) is 0 Å². The van der Waals surface area contributed by atoms with Gasteiger partial charge in [-0.1, -0.05) is 6.07 Å². The fraction of sp³-hybridized carbons (Fsp3) is 0.294. The highest BCUT2D eigenvalue weighted by Crippen LogP contribution is 2.24. The first-order valence-electron chi connectivity index (χ1n) is 7.41. The first-order chi connectivity index (χ1) is 11.1. The molecule has 1 aliphatic rings. The molecular formula is C17H17FN2O3. The highest BCUT2D eigenvalue weighted by Gasteiger charge is 2.31. The summed E-state index contributed by atoms with van der Waals surface area (Å²) in [4.78, 5) is 15.7. The standard InChI is InChI=1S/C17H17FN2O3/c1-11-8-15(17(21)23-11)20-12-5-6-16(14(18)9-12)22-10-13-4-2-3-7-19-13/h2-7,9,11,15,20H,8,10H2,1H3/t11-,15+/m1/s1. The molecule has 3 rings (SSSR count). The van der Waals surface area contributed by atoms with E-state index in [0.717, 1.165) is 5.69 Å². The number of anilines is 1. The largest absolute Gasteiger partial charge is 0.484 e. The van der Waals surface area contributed by atoms with Crippen LogP contribution in [0.1, 0.15) is 19.0 Å². The average Bonchev–Trinajstić information content (AvgIpc) is 2.85. The summed E-state index contributed by atoms with van der Waals surface area (Å²) >= 11 is 0. The number of nitrogens with one attached hydrogen (secondary N) is 1. The molecule has 0 radical (unpaired) electrons. The molecule has 2 heterocycles. The summed E-state index contributed by atoms with van der Waals surface area (Å²) in [5, 5.41) is 2.98. The molecule has 0 bridgehead atoms. The summed E-state index contributed by atoms with van der Waals surface area (Å²) in [7, 11) is 0. The zero-order valence-corrected chi connectivity index (χ0v) is 12.7. The molecule has 2 atom stereocenters. The molecule has 1 aromatic heterocycles. The van der Waals surface area contributed by atoms with E-state index >= 15 is 0 Å². The van der Waals surface area contributed by atoms with Crippen molar-refractivity contribution < 1.29 is 18.7 Å². The van der Waals surface area contributed by atoms with Crippen molar-refractivity contribution in [2.75, 3.05) is 5.32 Å². The second-order valence-electron chi connectivity index (χ2n) is 5.44. The Morgan fingerprint density at radius 2 is 2.26 bits per heavy atom. The van der Waals surface area contributed by atoms with Crippen molar-refractivity contribution in [3.8, 4) is 5.75 Å². The minimum atomic E-state index is -0.495. The molecule has 0 unspecified atom stereocenters. The van der Waals surface area contributed by atoms with Crippen molar-refractivity contribution in [2.24, 2.45) is 0 Å². The van der Waals surface area contributed by atoms with Gasteiger partial charge in [-0.05, 0) is 31.2 Å². The van der Waals surface area contributed by atoms with Crippen molar-refractivity contribution in [1.82, 2.24) is 4.98 Å². The zero-order chi connectivity index (χ0) is 16.2. The van der Waals surface area contributed by atoms with Crippen LogP contribution in [-0.2, 0) is 16.1 Å². The van der Waals surface area contributed by atoms with E-state index in [4.69, 9.17) is 9.47 Å². The molecular weight excluding hydrogens is 299 g/mol. The van der Waals surface area contributed by atoms with E-state index in [-0.39, 0.29) is 24.4 Å². The van der Waals surface area contributed by atoms with E-state index < -0.39 is 11.9 Å². The molecule has 0 spiro atoms. The number of carbonyl (C=O) groups is 1. The second kappa shape index (κ2) is 6.64. The van der Waals surface area contributed by atoms with E-state index in [2.05, 4.69) is 10.3 Å². The van der Waals surface area contributed by atoms with Crippen LogP contribution in [0, 0.1) is 5.82 Å². The third kappa shape index (κ3) is 3.77. The molecule has 1 aliphatic heterocycles. The smallest absolute Gasteiger partial charge is 0.328 e. The lowest BCUT2D eigenvalue weighted by atomic mass is 10.1. The number of hydrogen-bond donors (Lipinski definition) is 1. The Bertz CT molecular complexity index is 693. The van der Waals surface area contributed by atoms with Gasteiger partial charge < -0.3 is 14.8 Å². The summed E-state index contributed by atoms with van der Waals surface area (Å²) < 4.78 is 24.6. The quantitative estimate of drug-likeness (QED) is 0.860. The Balaban J connectivity index is 1.63. The van der Waals surface area contributed by atoms with Crippen LogP contribution < -0.4 is 10.1 Å². The molecule has 1 aromatic carbocycles. The SMILES string of the molecule is C[C@@H]1C[C@H](Nc2ccc(OCc3ccccn3)c(F)c2)C(=O)O1. The number of rotatable bonds is 5. The van der Waals surface area contributed by atoms with Crippen LogP contribution in [0.2, 0.25) is 0 Å². The molecule has 5 nitrogen and oxygen atoms in total. The number of aromatic nitrogens is 1. The fourth-order valence-corrected chi connectivity index (χ4v) is 2.42. The second-order valence-corrected chi connectivity index (χ2v) is 5.44. The molecule has 1 fully saturated rings. The molecule has 0 saturated carbocycles. The van der Waals surface area contributed by atoms with Crippen molar-refractivity contribution in [1.29, 1.82) is 0 Å². The Morgan fingerprint density at radius 3 is 2.91 bits per heavy atom. The number of carbonyl (C=O) groups excluding carboxylic acids is 1. The van der Waals surface area contributed by atoms with Crippen molar-refractivity contribution in [2.45, 2.75) is 32.1 Å². The summed E-state index contributed by atoms with van der Waals surface area (Å²) in [5.74, 6) is -0.665. The van der Waals surface area contributed by atoms with Gasteiger partial charge in [0.25, 0.3) is 0 Å². The van der Waals surface area contributed by atoms with Crippen molar-refractivity contribution in [3.05, 3.63) is 54.1 Å². The van der Waals surface area contributed by atoms with Gasteiger partial charge in [0, 0.05) is 24.4 Å². The number of cyclic esters (lactones) is 1. The summed E-state index contributed by atoms with van der Waals surface area (Å²) in [6, 6.07) is 9.53. The van der Waals surface area contributed by atoms with Gasteiger partial charge in [-0.2, -0.15) is 0 Å². The van der Waals surface area contributed by atoms with E-state index in [1.54, 1.807) is 24.4 Å². The Labute approximate surface area is 133 Å². The molecule has 23 heavy (non-hydrogen) atoms. The van der Waals surface area contributed by atoms with Gasteiger partial charge in [0.05, 0.1) is 5.69 Å². The third-order valence-corrected chi connectivity index (χ3v) is 3.54. The lowest BCUT2D eigenvalue weighted by molar-refractivity contribution is -0.141. The molecule has 1 N–H and O–H groups in total. The maximum atomic E-state index is 14.1. The normalized spacial score (nSPS) is 20.2. The van der Waals surface area contributed by atoms with Gasteiger partial charge >= 0.3 is 5.97 Å². The number of benzene rings is 1. The summed E-state index contributed by atoms with van der Waals surface area (Å²) in [6.07, 6.45) is 2.10. The van der Waals surface area contributed by atoms with Crippen LogP contribution >= 0.6 is 0 Å². The van der Waals surface area contributed by atoms with Gasteiger partial charge in [0.1, 0.15) is 18.8 Å².